The first-order chi connectivity index (χ1) is 7.55. The van der Waals surface area contributed by atoms with Gasteiger partial charge in [-0.25, -0.2) is 0 Å². The lowest BCUT2D eigenvalue weighted by atomic mass is 9.92. The van der Waals surface area contributed by atoms with Gasteiger partial charge in [0.1, 0.15) is 17.8 Å². The van der Waals surface area contributed by atoms with Gasteiger partial charge in [0.05, 0.1) is 19.8 Å². The summed E-state index contributed by atoms with van der Waals surface area (Å²) in [5, 5.41) is 10.1. The van der Waals surface area contributed by atoms with E-state index >= 15 is 0 Å². The third-order valence-corrected chi connectivity index (χ3v) is 2.47. The molecule has 0 amide bonds. The third kappa shape index (κ3) is 2.52. The predicted molar refractivity (Wildman–Crippen MR) is 59.8 cm³/mol. The SMILES string of the molecule is COc1ccc(C(C)(O)CC=O)c(OC)c1. The molecular formula is C12H16O4. The molecule has 0 heterocycles. The fourth-order valence-corrected chi connectivity index (χ4v) is 1.52. The molecule has 0 aromatic heterocycles. The van der Waals surface area contributed by atoms with Gasteiger partial charge in [0.25, 0.3) is 0 Å². The second-order valence-corrected chi connectivity index (χ2v) is 3.71. The molecule has 0 spiro atoms. The maximum absolute atomic E-state index is 10.5. The number of ether oxygens (including phenoxy) is 2. The highest BCUT2D eigenvalue weighted by molar-refractivity contribution is 5.54. The molecule has 4 heteroatoms. The van der Waals surface area contributed by atoms with Crippen LogP contribution in [-0.4, -0.2) is 25.6 Å². The summed E-state index contributed by atoms with van der Waals surface area (Å²) in [6.45, 7) is 1.58. The fraction of sp³-hybridized carbons (Fsp3) is 0.417. The first-order valence-electron chi connectivity index (χ1n) is 4.93. The van der Waals surface area contributed by atoms with Gasteiger partial charge in [0.15, 0.2) is 0 Å². The van der Waals surface area contributed by atoms with Crippen LogP contribution in [0.15, 0.2) is 18.2 Å². The molecule has 0 aliphatic rings. The number of aliphatic hydroxyl groups is 1. The Bertz CT molecular complexity index is 371. The van der Waals surface area contributed by atoms with Gasteiger partial charge in [-0.3, -0.25) is 0 Å². The van der Waals surface area contributed by atoms with Crippen LogP contribution in [0.3, 0.4) is 0 Å². The molecule has 1 unspecified atom stereocenters. The summed E-state index contributed by atoms with van der Waals surface area (Å²) in [4.78, 5) is 10.5. The molecule has 1 aromatic carbocycles. The zero-order chi connectivity index (χ0) is 12.2. The van der Waals surface area contributed by atoms with Gasteiger partial charge < -0.3 is 19.4 Å². The van der Waals surface area contributed by atoms with Gasteiger partial charge in [-0.2, -0.15) is 0 Å². The molecular weight excluding hydrogens is 208 g/mol. The minimum Gasteiger partial charge on any atom is -0.497 e. The molecule has 0 aliphatic carbocycles. The Morgan fingerprint density at radius 1 is 1.38 bits per heavy atom. The van der Waals surface area contributed by atoms with Crippen molar-refractivity contribution in [1.82, 2.24) is 0 Å². The van der Waals surface area contributed by atoms with E-state index in [0.717, 1.165) is 0 Å². The lowest BCUT2D eigenvalue weighted by Gasteiger charge is -2.23. The summed E-state index contributed by atoms with van der Waals surface area (Å²) in [5.41, 5.74) is -0.651. The number of carbonyl (C=O) groups is 1. The summed E-state index contributed by atoms with van der Waals surface area (Å²) in [6, 6.07) is 5.09. The van der Waals surface area contributed by atoms with E-state index < -0.39 is 5.60 Å². The van der Waals surface area contributed by atoms with Crippen LogP contribution in [-0.2, 0) is 10.4 Å². The minimum atomic E-state index is -1.22. The van der Waals surface area contributed by atoms with Crippen molar-refractivity contribution >= 4 is 6.29 Å². The van der Waals surface area contributed by atoms with Crippen molar-refractivity contribution in [2.75, 3.05) is 14.2 Å². The van der Waals surface area contributed by atoms with E-state index in [1.54, 1.807) is 32.2 Å². The van der Waals surface area contributed by atoms with Crippen LogP contribution in [0.25, 0.3) is 0 Å². The first kappa shape index (κ1) is 12.5. The maximum atomic E-state index is 10.5. The average molecular weight is 224 g/mol. The molecule has 1 atom stereocenters. The molecule has 4 nitrogen and oxygen atoms in total. The molecule has 1 rings (SSSR count). The highest BCUT2D eigenvalue weighted by atomic mass is 16.5. The van der Waals surface area contributed by atoms with Gasteiger partial charge in [-0.05, 0) is 19.1 Å². The molecule has 0 radical (unpaired) electrons. The van der Waals surface area contributed by atoms with Gasteiger partial charge in [0, 0.05) is 18.1 Å². The second kappa shape index (κ2) is 4.99. The molecule has 0 aliphatic heterocycles. The fourth-order valence-electron chi connectivity index (χ4n) is 1.52. The first-order valence-corrected chi connectivity index (χ1v) is 4.93. The number of methoxy groups -OCH3 is 2. The second-order valence-electron chi connectivity index (χ2n) is 3.71. The Labute approximate surface area is 94.8 Å². The lowest BCUT2D eigenvalue weighted by molar-refractivity contribution is -0.112. The average Bonchev–Trinajstić information content (AvgIpc) is 2.28. The van der Waals surface area contributed by atoms with E-state index in [1.807, 2.05) is 0 Å². The van der Waals surface area contributed by atoms with Gasteiger partial charge in [-0.15, -0.1) is 0 Å². The molecule has 16 heavy (non-hydrogen) atoms. The highest BCUT2D eigenvalue weighted by Crippen LogP contribution is 2.34. The number of aldehydes is 1. The standard InChI is InChI=1S/C12H16O4/c1-12(14,6-7-13)10-5-4-9(15-2)8-11(10)16-3/h4-5,7-8,14H,6H2,1-3H3. The molecule has 0 saturated heterocycles. The van der Waals surface area contributed by atoms with Crippen LogP contribution in [0.4, 0.5) is 0 Å². The van der Waals surface area contributed by atoms with Crippen molar-refractivity contribution in [2.24, 2.45) is 0 Å². The lowest BCUT2D eigenvalue weighted by Crippen LogP contribution is -2.22. The summed E-state index contributed by atoms with van der Waals surface area (Å²) in [6.07, 6.45) is 0.708. The van der Waals surface area contributed by atoms with Crippen LogP contribution >= 0.6 is 0 Å². The van der Waals surface area contributed by atoms with Gasteiger partial charge >= 0.3 is 0 Å². The smallest absolute Gasteiger partial charge is 0.128 e. The number of benzene rings is 1. The van der Waals surface area contributed by atoms with Crippen LogP contribution in [0.1, 0.15) is 18.9 Å². The van der Waals surface area contributed by atoms with Gasteiger partial charge in [-0.1, -0.05) is 0 Å². The van der Waals surface area contributed by atoms with E-state index in [0.29, 0.717) is 23.3 Å². The summed E-state index contributed by atoms with van der Waals surface area (Å²) in [7, 11) is 3.06. The topological polar surface area (TPSA) is 55.8 Å². The van der Waals surface area contributed by atoms with Crippen molar-refractivity contribution in [3.63, 3.8) is 0 Å². The molecule has 88 valence electrons. The van der Waals surface area contributed by atoms with Crippen LogP contribution in [0.5, 0.6) is 11.5 Å². The van der Waals surface area contributed by atoms with Crippen LogP contribution < -0.4 is 9.47 Å². The van der Waals surface area contributed by atoms with E-state index in [-0.39, 0.29) is 6.42 Å². The number of carbonyl (C=O) groups excluding carboxylic acids is 1. The normalized spacial score (nSPS) is 14.0. The molecule has 0 saturated carbocycles. The van der Waals surface area contributed by atoms with Crippen molar-refractivity contribution in [3.05, 3.63) is 23.8 Å². The summed E-state index contributed by atoms with van der Waals surface area (Å²) < 4.78 is 10.2. The largest absolute Gasteiger partial charge is 0.497 e. The molecule has 0 bridgehead atoms. The van der Waals surface area contributed by atoms with E-state index in [1.165, 1.54) is 7.11 Å². The molecule has 1 N–H and O–H groups in total. The van der Waals surface area contributed by atoms with Crippen molar-refractivity contribution in [3.8, 4) is 11.5 Å². The zero-order valence-corrected chi connectivity index (χ0v) is 9.69. The van der Waals surface area contributed by atoms with Crippen molar-refractivity contribution < 1.29 is 19.4 Å². The van der Waals surface area contributed by atoms with Crippen molar-refractivity contribution in [1.29, 1.82) is 0 Å². The summed E-state index contributed by atoms with van der Waals surface area (Å²) in [5.74, 6) is 1.15. The Hall–Kier alpha value is -1.55. The zero-order valence-electron chi connectivity index (χ0n) is 9.69. The van der Waals surface area contributed by atoms with E-state index in [4.69, 9.17) is 9.47 Å². The Morgan fingerprint density at radius 3 is 2.56 bits per heavy atom. The van der Waals surface area contributed by atoms with E-state index in [2.05, 4.69) is 0 Å². The minimum absolute atomic E-state index is 0.0235. The highest BCUT2D eigenvalue weighted by Gasteiger charge is 2.26. The molecule has 0 fully saturated rings. The summed E-state index contributed by atoms with van der Waals surface area (Å²) >= 11 is 0. The number of hydrogen-bond acceptors (Lipinski definition) is 4. The van der Waals surface area contributed by atoms with Crippen LogP contribution in [0, 0.1) is 0 Å². The van der Waals surface area contributed by atoms with E-state index in [9.17, 15) is 9.90 Å². The predicted octanol–water partition coefficient (Wildman–Crippen LogP) is 1.50. The quantitative estimate of drug-likeness (QED) is 0.770. The van der Waals surface area contributed by atoms with Gasteiger partial charge in [0.2, 0.25) is 0 Å². The number of rotatable bonds is 5. The Balaban J connectivity index is 3.17. The number of hydrogen-bond donors (Lipinski definition) is 1. The monoisotopic (exact) mass is 224 g/mol. The maximum Gasteiger partial charge on any atom is 0.128 e. The Morgan fingerprint density at radius 2 is 2.06 bits per heavy atom. The Kier molecular flexibility index (Phi) is 3.90. The van der Waals surface area contributed by atoms with Crippen LogP contribution in [0.2, 0.25) is 0 Å². The van der Waals surface area contributed by atoms with Crippen molar-refractivity contribution in [2.45, 2.75) is 18.9 Å². The third-order valence-electron chi connectivity index (χ3n) is 2.47. The molecule has 1 aromatic rings.